The first-order chi connectivity index (χ1) is 11.9. The van der Waals surface area contributed by atoms with Crippen LogP contribution < -0.4 is 4.66 Å². The predicted octanol–water partition coefficient (Wildman–Crippen LogP) is 2.67. The van der Waals surface area contributed by atoms with Gasteiger partial charge in [0.15, 0.2) is 0 Å². The molecule has 1 heterocycles. The first-order valence-corrected chi connectivity index (χ1v) is 8.71. The molecule has 5 nitrogen and oxygen atoms in total. The summed E-state index contributed by atoms with van der Waals surface area (Å²) in [5, 5.41) is 2.30. The van der Waals surface area contributed by atoms with E-state index in [4.69, 9.17) is 23.1 Å². The molecular formula is C19H16ClO5+. The van der Waals surface area contributed by atoms with Crippen molar-refractivity contribution in [2.45, 2.75) is 0 Å². The summed E-state index contributed by atoms with van der Waals surface area (Å²) in [6.07, 6.45) is 0. The van der Waals surface area contributed by atoms with Crippen molar-refractivity contribution in [1.29, 1.82) is 0 Å². The molecule has 0 aliphatic heterocycles. The Morgan fingerprint density at radius 2 is 1.04 bits per heavy atom. The van der Waals surface area contributed by atoms with Gasteiger partial charge in [0.2, 0.25) is 0 Å². The maximum atomic E-state index is 8.83. The Hall–Kier alpha value is -2.54. The normalized spacial score (nSPS) is 11.8. The molecule has 0 radical (unpaired) electrons. The van der Waals surface area contributed by atoms with Gasteiger partial charge in [0.1, 0.15) is 0 Å². The number of hydrogen-bond acceptors (Lipinski definition) is 4. The topological polar surface area (TPSA) is 95.0 Å². The molecule has 0 amide bonds. The van der Waals surface area contributed by atoms with Gasteiger partial charge >= 0.3 is 40.0 Å². The second-order valence-electron chi connectivity index (χ2n) is 5.27. The smallest absolute Gasteiger partial charge is 0.207 e. The van der Waals surface area contributed by atoms with E-state index >= 15 is 0 Å². The average Bonchev–Trinajstić information content (AvgIpc) is 2.59. The van der Waals surface area contributed by atoms with Crippen molar-refractivity contribution in [2.24, 2.45) is 0 Å². The van der Waals surface area contributed by atoms with Crippen molar-refractivity contribution in [1.82, 2.24) is 0 Å². The van der Waals surface area contributed by atoms with Crippen LogP contribution in [0.25, 0.3) is 33.1 Å². The van der Waals surface area contributed by atoms with Crippen LogP contribution in [0.5, 0.6) is 0 Å². The largest absolute Gasteiger partial charge is 0.361 e. The van der Waals surface area contributed by atoms with E-state index in [1.54, 1.807) is 0 Å². The molecule has 25 heavy (non-hydrogen) atoms. The number of fused-ring (bicyclic) bond motifs is 2. The monoisotopic (exact) mass is 359 g/mol. The SMILES string of the molecule is [O-][Cl+](O)(O)O.c1ccc(-c2c3ccccc3[o+]c3ccccc23)cc1. The van der Waals surface area contributed by atoms with Crippen molar-refractivity contribution < 1.29 is 33.3 Å². The van der Waals surface area contributed by atoms with E-state index in [0.29, 0.717) is 0 Å². The van der Waals surface area contributed by atoms with Gasteiger partial charge in [-0.1, -0.05) is 54.6 Å². The van der Waals surface area contributed by atoms with E-state index < -0.39 is 10.2 Å². The second-order valence-corrected chi connectivity index (χ2v) is 6.14. The molecule has 3 aromatic carbocycles. The molecule has 0 saturated carbocycles. The minimum absolute atomic E-state index is 0.921. The quantitative estimate of drug-likeness (QED) is 0.359. The summed E-state index contributed by atoms with van der Waals surface area (Å²) in [6, 6.07) is 26.9. The Morgan fingerprint density at radius 3 is 1.52 bits per heavy atom. The van der Waals surface area contributed by atoms with Crippen LogP contribution in [-0.4, -0.2) is 14.0 Å². The van der Waals surface area contributed by atoms with E-state index in [1.807, 2.05) is 30.3 Å². The molecule has 128 valence electrons. The minimum atomic E-state index is -4.19. The van der Waals surface area contributed by atoms with Crippen molar-refractivity contribution in [3.63, 3.8) is 0 Å². The minimum Gasteiger partial charge on any atom is -0.207 e. The second kappa shape index (κ2) is 7.14. The van der Waals surface area contributed by atoms with E-state index in [1.165, 1.54) is 11.1 Å². The van der Waals surface area contributed by atoms with Crippen molar-refractivity contribution in [2.75, 3.05) is 0 Å². The van der Waals surface area contributed by atoms with Gasteiger partial charge in [0, 0.05) is 17.7 Å². The van der Waals surface area contributed by atoms with Gasteiger partial charge in [-0.25, -0.2) is 4.42 Å². The maximum Gasteiger partial charge on any atom is 0.361 e. The van der Waals surface area contributed by atoms with Crippen molar-refractivity contribution >= 4 is 21.9 Å². The van der Waals surface area contributed by atoms with Gasteiger partial charge < -0.3 is 0 Å². The van der Waals surface area contributed by atoms with E-state index in [-0.39, 0.29) is 0 Å². The number of halogens is 1. The number of benzene rings is 3. The average molecular weight is 360 g/mol. The molecule has 0 atom stereocenters. The molecule has 3 N–H and O–H groups in total. The molecule has 0 fully saturated rings. The van der Waals surface area contributed by atoms with E-state index in [9.17, 15) is 0 Å². The van der Waals surface area contributed by atoms with E-state index in [0.717, 1.165) is 21.9 Å². The van der Waals surface area contributed by atoms with Crippen LogP contribution >= 0.6 is 0 Å². The third-order valence-corrected chi connectivity index (χ3v) is 3.60. The molecular weight excluding hydrogens is 344 g/mol. The van der Waals surface area contributed by atoms with Crippen LogP contribution in [0, 0.1) is 10.2 Å². The van der Waals surface area contributed by atoms with Crippen LogP contribution in [0.2, 0.25) is 0 Å². The standard InChI is InChI=1S/C19H13O.ClH3O4/c1-2-8-14(9-3-1)19-15-10-4-6-12-17(15)20-18-13-7-5-11-16(18)19;2-1(3,4)5/h1-13H;2-4H/q+1;. The van der Waals surface area contributed by atoms with Gasteiger partial charge in [-0.05, 0) is 17.7 Å². The van der Waals surface area contributed by atoms with Crippen LogP contribution in [0.3, 0.4) is 0 Å². The van der Waals surface area contributed by atoms with Crippen LogP contribution in [0.1, 0.15) is 0 Å². The van der Waals surface area contributed by atoms with Crippen LogP contribution in [-0.2, 0) is 0 Å². The first kappa shape index (κ1) is 17.3. The van der Waals surface area contributed by atoms with Gasteiger partial charge in [-0.2, -0.15) is 0 Å². The molecule has 4 rings (SSSR count). The molecule has 1 aromatic heterocycles. The fourth-order valence-electron chi connectivity index (χ4n) is 2.70. The van der Waals surface area contributed by atoms with Gasteiger partial charge in [0.25, 0.3) is 0 Å². The Kier molecular flexibility index (Phi) is 4.94. The summed E-state index contributed by atoms with van der Waals surface area (Å²) in [7, 11) is -4.19. The number of rotatable bonds is 1. The van der Waals surface area contributed by atoms with Crippen LogP contribution in [0.15, 0.2) is 83.3 Å². The zero-order chi connectivity index (χ0) is 17.9. The zero-order valence-corrected chi connectivity index (χ0v) is 13.8. The number of para-hydroxylation sites is 2. The van der Waals surface area contributed by atoms with E-state index in [2.05, 4.69) is 48.5 Å². The Labute approximate surface area is 145 Å². The van der Waals surface area contributed by atoms with Gasteiger partial charge in [0.05, 0.1) is 10.8 Å². The Bertz CT molecular complexity index is 937. The molecule has 0 aliphatic carbocycles. The first-order valence-electron chi connectivity index (χ1n) is 7.39. The molecule has 4 aromatic rings. The van der Waals surface area contributed by atoms with Gasteiger partial charge in [-0.3, -0.25) is 0 Å². The molecule has 0 bridgehead atoms. The summed E-state index contributed by atoms with van der Waals surface area (Å²) < 4.78 is 36.2. The molecule has 0 unspecified atom stereocenters. The van der Waals surface area contributed by atoms with Crippen LogP contribution in [0.4, 0.5) is 0 Å². The van der Waals surface area contributed by atoms with Crippen molar-refractivity contribution in [3.05, 3.63) is 78.9 Å². The molecule has 6 heteroatoms. The maximum absolute atomic E-state index is 8.83. The van der Waals surface area contributed by atoms with Gasteiger partial charge in [-0.15, -0.1) is 0 Å². The summed E-state index contributed by atoms with van der Waals surface area (Å²) >= 11 is 0. The molecule has 0 aliphatic rings. The summed E-state index contributed by atoms with van der Waals surface area (Å²) in [6.45, 7) is 0. The Morgan fingerprint density at radius 1 is 0.640 bits per heavy atom. The number of hydrogen-bond donors (Lipinski definition) is 3. The third kappa shape index (κ3) is 4.30. The predicted molar refractivity (Wildman–Crippen MR) is 90.2 cm³/mol. The van der Waals surface area contributed by atoms with Crippen molar-refractivity contribution in [3.8, 4) is 11.1 Å². The summed E-state index contributed by atoms with van der Waals surface area (Å²) in [5.74, 6) is 0. The fourth-order valence-corrected chi connectivity index (χ4v) is 2.70. The molecule has 0 spiro atoms. The molecule has 0 saturated heterocycles. The Balaban J connectivity index is 0.000000324. The summed E-state index contributed by atoms with van der Waals surface area (Å²) in [4.78, 5) is 0. The summed E-state index contributed by atoms with van der Waals surface area (Å²) in [5.41, 5.74) is 4.30. The third-order valence-electron chi connectivity index (χ3n) is 3.60. The fraction of sp³-hybridized carbons (Fsp3) is 0. The zero-order valence-electron chi connectivity index (χ0n) is 13.0.